The van der Waals surface area contributed by atoms with Gasteiger partial charge in [0.1, 0.15) is 11.0 Å². The predicted molar refractivity (Wildman–Crippen MR) is 80.9 cm³/mol. The second kappa shape index (κ2) is 6.85. The molecule has 1 heterocycles. The molecule has 0 radical (unpaired) electrons. The lowest BCUT2D eigenvalue weighted by molar-refractivity contribution is -0.116. The van der Waals surface area contributed by atoms with E-state index in [0.29, 0.717) is 10.7 Å². The Hall–Kier alpha value is -2.40. The van der Waals surface area contributed by atoms with Crippen molar-refractivity contribution in [3.05, 3.63) is 64.7 Å². The molecule has 0 aliphatic heterocycles. The van der Waals surface area contributed by atoms with E-state index in [1.807, 2.05) is 0 Å². The highest BCUT2D eigenvalue weighted by molar-refractivity contribution is 6.29. The fourth-order valence-electron chi connectivity index (χ4n) is 1.59. The van der Waals surface area contributed by atoms with Crippen LogP contribution in [0.2, 0.25) is 5.15 Å². The molecule has 0 spiro atoms. The van der Waals surface area contributed by atoms with Crippen molar-refractivity contribution < 1.29 is 9.18 Å². The number of nitrogens with one attached hydrogen (secondary N) is 1. The maximum Gasteiger partial charge on any atom is 0.244 e. The Balaban J connectivity index is 1.89. The van der Waals surface area contributed by atoms with Gasteiger partial charge < -0.3 is 11.1 Å². The van der Waals surface area contributed by atoms with Gasteiger partial charge in [-0.3, -0.25) is 4.79 Å². The molecule has 21 heavy (non-hydrogen) atoms. The molecular weight excluding hydrogens is 293 g/mol. The highest BCUT2D eigenvalue weighted by Crippen LogP contribution is 2.11. The average Bonchev–Trinajstić information content (AvgIpc) is 2.48. The van der Waals surface area contributed by atoms with Gasteiger partial charge in [0, 0.05) is 18.8 Å². The van der Waals surface area contributed by atoms with E-state index in [9.17, 15) is 9.18 Å². The monoisotopic (exact) mass is 305 g/mol. The number of nitrogens with zero attached hydrogens (tertiary/aromatic N) is 1. The van der Waals surface area contributed by atoms with Crippen molar-refractivity contribution in [3.63, 3.8) is 0 Å². The minimum absolute atomic E-state index is 0.0835. The number of aromatic nitrogens is 1. The van der Waals surface area contributed by atoms with E-state index in [1.165, 1.54) is 18.2 Å². The van der Waals surface area contributed by atoms with Crippen LogP contribution < -0.4 is 11.1 Å². The van der Waals surface area contributed by atoms with Crippen molar-refractivity contribution in [2.45, 2.75) is 6.54 Å². The fourth-order valence-corrected chi connectivity index (χ4v) is 1.70. The Kier molecular flexibility index (Phi) is 4.90. The molecule has 0 saturated heterocycles. The summed E-state index contributed by atoms with van der Waals surface area (Å²) in [4.78, 5) is 15.5. The second-order valence-corrected chi connectivity index (χ2v) is 4.71. The molecule has 0 aliphatic rings. The van der Waals surface area contributed by atoms with Gasteiger partial charge in [-0.25, -0.2) is 9.37 Å². The topological polar surface area (TPSA) is 68.0 Å². The lowest BCUT2D eigenvalue weighted by Crippen LogP contribution is -2.20. The van der Waals surface area contributed by atoms with Gasteiger partial charge in [-0.1, -0.05) is 23.7 Å². The molecule has 2 rings (SSSR count). The van der Waals surface area contributed by atoms with E-state index >= 15 is 0 Å². The molecule has 1 aromatic heterocycles. The lowest BCUT2D eigenvalue weighted by atomic mass is 10.2. The molecule has 0 atom stereocenters. The Morgan fingerprint density at radius 2 is 2.19 bits per heavy atom. The number of pyridine rings is 1. The summed E-state index contributed by atoms with van der Waals surface area (Å²) in [6, 6.07) is 7.80. The number of anilines is 1. The molecule has 4 nitrogen and oxygen atoms in total. The third-order valence-corrected chi connectivity index (χ3v) is 2.93. The van der Waals surface area contributed by atoms with Crippen molar-refractivity contribution in [1.82, 2.24) is 10.3 Å². The minimum Gasteiger partial charge on any atom is -0.396 e. The molecule has 108 valence electrons. The second-order valence-electron chi connectivity index (χ2n) is 4.32. The Bertz CT molecular complexity index is 671. The highest BCUT2D eigenvalue weighted by atomic mass is 35.5. The van der Waals surface area contributed by atoms with E-state index in [4.69, 9.17) is 17.3 Å². The largest absolute Gasteiger partial charge is 0.396 e. The zero-order valence-electron chi connectivity index (χ0n) is 11.0. The average molecular weight is 306 g/mol. The summed E-state index contributed by atoms with van der Waals surface area (Å²) in [5, 5.41) is 3.04. The number of hydrogen-bond donors (Lipinski definition) is 2. The van der Waals surface area contributed by atoms with Gasteiger partial charge in [-0.2, -0.15) is 0 Å². The number of amides is 1. The molecule has 0 unspecified atom stereocenters. The molecule has 0 saturated carbocycles. The van der Waals surface area contributed by atoms with Crippen LogP contribution in [0, 0.1) is 5.82 Å². The van der Waals surface area contributed by atoms with Gasteiger partial charge in [0.05, 0.1) is 5.69 Å². The van der Waals surface area contributed by atoms with Crippen LogP contribution in [-0.2, 0) is 11.3 Å². The Labute approximate surface area is 126 Å². The van der Waals surface area contributed by atoms with E-state index in [2.05, 4.69) is 10.3 Å². The third-order valence-electron chi connectivity index (χ3n) is 2.71. The van der Waals surface area contributed by atoms with Crippen molar-refractivity contribution >= 4 is 29.3 Å². The number of halogens is 2. The van der Waals surface area contributed by atoms with Crippen LogP contribution >= 0.6 is 11.6 Å². The Morgan fingerprint density at radius 1 is 1.38 bits per heavy atom. The minimum atomic E-state index is -0.496. The molecule has 0 fully saturated rings. The molecule has 0 aliphatic carbocycles. The van der Waals surface area contributed by atoms with E-state index < -0.39 is 5.82 Å². The normalized spacial score (nSPS) is 10.8. The summed E-state index contributed by atoms with van der Waals surface area (Å²) in [6.07, 6.45) is 4.54. The molecule has 6 heteroatoms. The summed E-state index contributed by atoms with van der Waals surface area (Å²) in [6.45, 7) is 0.221. The van der Waals surface area contributed by atoms with Gasteiger partial charge in [0.25, 0.3) is 0 Å². The lowest BCUT2D eigenvalue weighted by Gasteiger charge is -2.04. The van der Waals surface area contributed by atoms with Crippen LogP contribution in [0.4, 0.5) is 10.1 Å². The maximum atomic E-state index is 13.2. The Morgan fingerprint density at radius 3 is 2.86 bits per heavy atom. The number of rotatable bonds is 4. The van der Waals surface area contributed by atoms with Crippen LogP contribution in [0.15, 0.2) is 42.6 Å². The van der Waals surface area contributed by atoms with Gasteiger partial charge in [0.2, 0.25) is 5.91 Å². The van der Waals surface area contributed by atoms with E-state index in [0.717, 1.165) is 5.56 Å². The zero-order chi connectivity index (χ0) is 15.2. The molecule has 0 bridgehead atoms. The number of carbonyl (C=O) groups is 1. The van der Waals surface area contributed by atoms with Crippen LogP contribution in [0.5, 0.6) is 0 Å². The van der Waals surface area contributed by atoms with Gasteiger partial charge in [-0.05, 0) is 35.4 Å². The predicted octanol–water partition coefficient (Wildman–Crippen LogP) is 2.79. The molecule has 1 amide bonds. The number of benzene rings is 1. The van der Waals surface area contributed by atoms with Crippen LogP contribution in [0.25, 0.3) is 6.08 Å². The number of carbonyl (C=O) groups excluding carboxylic acids is 1. The zero-order valence-corrected chi connectivity index (χ0v) is 11.8. The first kappa shape index (κ1) is 15.0. The van der Waals surface area contributed by atoms with Crippen LogP contribution in [-0.4, -0.2) is 10.9 Å². The van der Waals surface area contributed by atoms with Gasteiger partial charge in [0.15, 0.2) is 0 Å². The number of hydrogen-bond acceptors (Lipinski definition) is 3. The van der Waals surface area contributed by atoms with Crippen molar-refractivity contribution in [2.75, 3.05) is 5.73 Å². The smallest absolute Gasteiger partial charge is 0.244 e. The number of nitrogens with two attached hydrogens (primary N) is 1. The van der Waals surface area contributed by atoms with Crippen molar-refractivity contribution in [2.24, 2.45) is 0 Å². The van der Waals surface area contributed by atoms with Crippen molar-refractivity contribution in [1.29, 1.82) is 0 Å². The third kappa shape index (κ3) is 4.57. The highest BCUT2D eigenvalue weighted by Gasteiger charge is 2.01. The van der Waals surface area contributed by atoms with Crippen molar-refractivity contribution in [3.8, 4) is 0 Å². The van der Waals surface area contributed by atoms with E-state index in [1.54, 1.807) is 30.5 Å². The van der Waals surface area contributed by atoms with Crippen LogP contribution in [0.1, 0.15) is 11.1 Å². The summed E-state index contributed by atoms with van der Waals surface area (Å²) < 4.78 is 13.2. The summed E-state index contributed by atoms with van der Waals surface area (Å²) >= 11 is 5.66. The first-order chi connectivity index (χ1) is 10.0. The molecular formula is C15H13ClFN3O. The summed E-state index contributed by atoms with van der Waals surface area (Å²) in [5.74, 6) is -0.785. The first-order valence-electron chi connectivity index (χ1n) is 6.16. The number of nitrogen functional groups attached to an aromatic ring is 1. The quantitative estimate of drug-likeness (QED) is 0.518. The SMILES string of the molecule is Nc1ccc(CNC(=O)/C=C/c2ccc(Cl)nc2)cc1F. The summed E-state index contributed by atoms with van der Waals surface area (Å²) in [5.41, 5.74) is 6.86. The molecule has 1 aromatic carbocycles. The van der Waals surface area contributed by atoms with Crippen LogP contribution in [0.3, 0.4) is 0 Å². The maximum absolute atomic E-state index is 13.2. The standard InChI is InChI=1S/C15H13ClFN3O/c16-14-5-2-10(8-19-14)3-6-15(21)20-9-11-1-4-13(18)12(17)7-11/h1-8H,9,18H2,(H,20,21)/b6-3+. The molecule has 3 N–H and O–H groups in total. The molecule has 2 aromatic rings. The summed E-state index contributed by atoms with van der Waals surface area (Å²) in [7, 11) is 0. The fraction of sp³-hybridized carbons (Fsp3) is 0.0667. The van der Waals surface area contributed by atoms with E-state index in [-0.39, 0.29) is 18.1 Å². The van der Waals surface area contributed by atoms with Gasteiger partial charge in [-0.15, -0.1) is 0 Å². The van der Waals surface area contributed by atoms with Gasteiger partial charge >= 0.3 is 0 Å². The first-order valence-corrected chi connectivity index (χ1v) is 6.54.